The van der Waals surface area contributed by atoms with Crippen molar-refractivity contribution in [1.29, 1.82) is 0 Å². The lowest BCUT2D eigenvalue weighted by molar-refractivity contribution is 0.0346. The average molecular weight is 328 g/mol. The van der Waals surface area contributed by atoms with Crippen molar-refractivity contribution in [2.75, 3.05) is 27.3 Å². The van der Waals surface area contributed by atoms with Crippen molar-refractivity contribution < 1.29 is 14.3 Å². The van der Waals surface area contributed by atoms with Crippen LogP contribution in [0.15, 0.2) is 23.9 Å². The lowest BCUT2D eigenvalue weighted by atomic mass is 9.73. The Morgan fingerprint density at radius 1 is 1.33 bits per heavy atom. The second kappa shape index (κ2) is 5.97. The molecule has 1 aromatic heterocycles. The van der Waals surface area contributed by atoms with E-state index in [1.54, 1.807) is 7.11 Å². The summed E-state index contributed by atoms with van der Waals surface area (Å²) in [5.41, 5.74) is 4.26. The van der Waals surface area contributed by atoms with Gasteiger partial charge in [0, 0.05) is 26.3 Å². The molecule has 2 atom stereocenters. The first-order valence-electron chi connectivity index (χ1n) is 8.74. The first-order valence-corrected chi connectivity index (χ1v) is 8.74. The fourth-order valence-electron chi connectivity index (χ4n) is 4.75. The van der Waals surface area contributed by atoms with Gasteiger partial charge in [-0.1, -0.05) is 6.08 Å². The zero-order valence-electron chi connectivity index (χ0n) is 14.4. The first-order chi connectivity index (χ1) is 11.7. The van der Waals surface area contributed by atoms with Crippen molar-refractivity contribution in [2.24, 2.45) is 0 Å². The van der Waals surface area contributed by atoms with Crippen LogP contribution < -0.4 is 0 Å². The lowest BCUT2D eigenvalue weighted by Crippen LogP contribution is -2.46. The minimum Gasteiger partial charge on any atom is -0.464 e. The molecule has 1 spiro atoms. The van der Waals surface area contributed by atoms with Gasteiger partial charge in [0.2, 0.25) is 0 Å². The molecule has 1 saturated heterocycles. The molecule has 5 heteroatoms. The van der Waals surface area contributed by atoms with Gasteiger partial charge < -0.3 is 9.47 Å². The Bertz CT molecular complexity index is 700. The molecular formula is C19H24N2O3. The highest BCUT2D eigenvalue weighted by molar-refractivity contribution is 5.87. The molecule has 0 radical (unpaired) electrons. The average Bonchev–Trinajstić information content (AvgIpc) is 2.92. The summed E-state index contributed by atoms with van der Waals surface area (Å²) in [6.07, 6.45) is 9.63. The van der Waals surface area contributed by atoms with Crippen LogP contribution in [0.4, 0.5) is 0 Å². The number of carbonyl (C=O) groups is 1. The first kappa shape index (κ1) is 15.8. The molecule has 0 N–H and O–H groups in total. The standard InChI is InChI=1S/C19H24N2O3/c1-23-15-6-5-14-7-9-21-8-3-4-13-12-20-17(18(22)24-2)10-16(13)19(14,21)11-15/h5,10,12,15H,3-4,6-9,11H2,1-2H3/t15-,19-/m0/s1. The fraction of sp³-hybridized carbons (Fsp3) is 0.579. The molecule has 0 aromatic carbocycles. The molecule has 3 aliphatic rings. The number of hydrogen-bond acceptors (Lipinski definition) is 5. The zero-order chi connectivity index (χ0) is 16.7. The van der Waals surface area contributed by atoms with E-state index < -0.39 is 0 Å². The van der Waals surface area contributed by atoms with Gasteiger partial charge in [0.15, 0.2) is 0 Å². The largest absolute Gasteiger partial charge is 0.464 e. The van der Waals surface area contributed by atoms with Crippen LogP contribution in [0, 0.1) is 0 Å². The van der Waals surface area contributed by atoms with E-state index in [1.165, 1.54) is 23.8 Å². The Hall–Kier alpha value is -1.72. The van der Waals surface area contributed by atoms with Crippen LogP contribution in [0.2, 0.25) is 0 Å². The smallest absolute Gasteiger partial charge is 0.356 e. The molecule has 0 amide bonds. The van der Waals surface area contributed by atoms with Crippen LogP contribution in [0.1, 0.15) is 47.3 Å². The van der Waals surface area contributed by atoms with Gasteiger partial charge in [-0.15, -0.1) is 0 Å². The molecule has 0 saturated carbocycles. The summed E-state index contributed by atoms with van der Waals surface area (Å²) in [6.45, 7) is 2.16. The van der Waals surface area contributed by atoms with Crippen LogP contribution in [0.3, 0.4) is 0 Å². The number of pyridine rings is 1. The molecule has 0 bridgehead atoms. The summed E-state index contributed by atoms with van der Waals surface area (Å²) in [4.78, 5) is 19.0. The quantitative estimate of drug-likeness (QED) is 0.616. The maximum absolute atomic E-state index is 12.0. The number of hydrogen-bond donors (Lipinski definition) is 0. The minimum atomic E-state index is -0.368. The second-order valence-electron chi connectivity index (χ2n) is 6.95. The van der Waals surface area contributed by atoms with E-state index >= 15 is 0 Å². The molecule has 1 fully saturated rings. The summed E-state index contributed by atoms with van der Waals surface area (Å²) in [7, 11) is 3.20. The van der Waals surface area contributed by atoms with Crippen molar-refractivity contribution in [2.45, 2.75) is 43.7 Å². The lowest BCUT2D eigenvalue weighted by Gasteiger charge is -2.44. The predicted octanol–water partition coefficient (Wildman–Crippen LogP) is 2.45. The predicted molar refractivity (Wildman–Crippen MR) is 89.9 cm³/mol. The van der Waals surface area contributed by atoms with E-state index in [1.807, 2.05) is 12.3 Å². The monoisotopic (exact) mass is 328 g/mol. The number of methoxy groups -OCH3 is 2. The van der Waals surface area contributed by atoms with Crippen LogP contribution in [-0.4, -0.2) is 49.3 Å². The SMILES string of the molecule is COC(=O)c1cc2c(cn1)CCCN1CCC3=CC[C@H](OC)C[C@]321. The third kappa shape index (κ3) is 2.22. The summed E-state index contributed by atoms with van der Waals surface area (Å²) in [5, 5.41) is 0. The van der Waals surface area contributed by atoms with Gasteiger partial charge in [-0.05, 0) is 55.0 Å². The van der Waals surface area contributed by atoms with Crippen LogP contribution in [0.25, 0.3) is 0 Å². The molecule has 128 valence electrons. The van der Waals surface area contributed by atoms with Gasteiger partial charge in [0.05, 0.1) is 18.8 Å². The molecule has 1 aliphatic carbocycles. The highest BCUT2D eigenvalue weighted by Gasteiger charge is 2.51. The van der Waals surface area contributed by atoms with Crippen molar-refractivity contribution in [3.05, 3.63) is 40.7 Å². The summed E-state index contributed by atoms with van der Waals surface area (Å²) in [6, 6.07) is 1.97. The third-order valence-corrected chi connectivity index (χ3v) is 5.91. The number of rotatable bonds is 2. The van der Waals surface area contributed by atoms with Crippen molar-refractivity contribution >= 4 is 5.97 Å². The van der Waals surface area contributed by atoms with Crippen molar-refractivity contribution in [1.82, 2.24) is 9.88 Å². The van der Waals surface area contributed by atoms with Crippen molar-refractivity contribution in [3.8, 4) is 0 Å². The molecule has 24 heavy (non-hydrogen) atoms. The molecule has 5 nitrogen and oxygen atoms in total. The maximum Gasteiger partial charge on any atom is 0.356 e. The van der Waals surface area contributed by atoms with Gasteiger partial charge >= 0.3 is 5.97 Å². The molecular weight excluding hydrogens is 304 g/mol. The third-order valence-electron chi connectivity index (χ3n) is 5.91. The van der Waals surface area contributed by atoms with E-state index in [-0.39, 0.29) is 17.6 Å². The highest BCUT2D eigenvalue weighted by Crippen LogP contribution is 2.52. The number of ether oxygens (including phenoxy) is 2. The summed E-state index contributed by atoms with van der Waals surface area (Å²) < 4.78 is 10.6. The Morgan fingerprint density at radius 2 is 2.21 bits per heavy atom. The number of esters is 1. The van der Waals surface area contributed by atoms with Gasteiger partial charge in [-0.2, -0.15) is 0 Å². The summed E-state index contributed by atoms with van der Waals surface area (Å²) >= 11 is 0. The Labute approximate surface area is 142 Å². The number of carbonyl (C=O) groups excluding carboxylic acids is 1. The maximum atomic E-state index is 12.0. The molecule has 4 rings (SSSR count). The zero-order valence-corrected chi connectivity index (χ0v) is 14.4. The molecule has 0 unspecified atom stereocenters. The van der Waals surface area contributed by atoms with E-state index in [0.717, 1.165) is 45.2 Å². The van der Waals surface area contributed by atoms with E-state index in [2.05, 4.69) is 16.0 Å². The number of fused-ring (bicyclic) bond motifs is 1. The molecule has 2 aliphatic heterocycles. The number of aromatic nitrogens is 1. The van der Waals surface area contributed by atoms with E-state index in [4.69, 9.17) is 9.47 Å². The van der Waals surface area contributed by atoms with Crippen molar-refractivity contribution in [3.63, 3.8) is 0 Å². The topological polar surface area (TPSA) is 51.7 Å². The molecule has 3 heterocycles. The Balaban J connectivity index is 1.90. The van der Waals surface area contributed by atoms with Crippen LogP contribution in [-0.2, 0) is 21.4 Å². The van der Waals surface area contributed by atoms with Crippen LogP contribution in [0.5, 0.6) is 0 Å². The summed E-state index contributed by atoms with van der Waals surface area (Å²) in [5.74, 6) is -0.368. The van der Waals surface area contributed by atoms with Gasteiger partial charge in [0.1, 0.15) is 5.69 Å². The fourth-order valence-corrected chi connectivity index (χ4v) is 4.75. The van der Waals surface area contributed by atoms with E-state index in [0.29, 0.717) is 5.69 Å². The normalized spacial score (nSPS) is 29.1. The number of nitrogens with zero attached hydrogens (tertiary/aromatic N) is 2. The van der Waals surface area contributed by atoms with E-state index in [9.17, 15) is 4.79 Å². The van der Waals surface area contributed by atoms with Gasteiger partial charge in [0.25, 0.3) is 0 Å². The van der Waals surface area contributed by atoms with Gasteiger partial charge in [-0.25, -0.2) is 9.78 Å². The minimum absolute atomic E-state index is 0.129. The van der Waals surface area contributed by atoms with Gasteiger partial charge in [-0.3, -0.25) is 4.90 Å². The Kier molecular flexibility index (Phi) is 3.93. The molecule has 1 aromatic rings. The van der Waals surface area contributed by atoms with Crippen LogP contribution >= 0.6 is 0 Å². The Morgan fingerprint density at radius 3 is 3.00 bits per heavy atom. The highest BCUT2D eigenvalue weighted by atomic mass is 16.5. The number of aryl methyl sites for hydroxylation is 1. The second-order valence-corrected chi connectivity index (χ2v) is 6.95.